The monoisotopic (exact) mass is 222 g/mol. The molecule has 1 aromatic rings. The summed E-state index contributed by atoms with van der Waals surface area (Å²) in [6, 6.07) is 6.41. The van der Waals surface area contributed by atoms with Crippen LogP contribution in [0.2, 0.25) is 0 Å². The van der Waals surface area contributed by atoms with Gasteiger partial charge in [0.25, 0.3) is 0 Å². The Hall–Kier alpha value is -1.44. The summed E-state index contributed by atoms with van der Waals surface area (Å²) in [4.78, 5) is 0. The van der Waals surface area contributed by atoms with Gasteiger partial charge in [0.15, 0.2) is 0 Å². The van der Waals surface area contributed by atoms with Crippen LogP contribution in [0.25, 0.3) is 0 Å². The van der Waals surface area contributed by atoms with Crippen LogP contribution in [0.15, 0.2) is 18.2 Å². The van der Waals surface area contributed by atoms with E-state index < -0.39 is 11.9 Å². The third kappa shape index (κ3) is 3.02. The van der Waals surface area contributed by atoms with E-state index in [2.05, 4.69) is 5.32 Å². The van der Waals surface area contributed by atoms with Crippen molar-refractivity contribution in [3.8, 4) is 6.07 Å². The normalized spacial score (nSPS) is 12.5. The summed E-state index contributed by atoms with van der Waals surface area (Å²) in [5.74, 6) is -0.636. The van der Waals surface area contributed by atoms with E-state index in [4.69, 9.17) is 5.26 Å². The Morgan fingerprint density at radius 3 is 2.75 bits per heavy atom. The molecule has 0 amide bonds. The predicted octanol–water partition coefficient (Wildman–Crippen LogP) is 1.73. The first-order valence-electron chi connectivity index (χ1n) is 5.16. The fourth-order valence-corrected chi connectivity index (χ4v) is 1.35. The standard InChI is InChI=1S/C12H15FN2O/c1-8(2)15-7-11(16)10-5-3-4-9(6-14)12(10)13/h3-5,8,11,15-16H,7H2,1-2H3. The van der Waals surface area contributed by atoms with Crippen molar-refractivity contribution < 1.29 is 9.50 Å². The highest BCUT2D eigenvalue weighted by atomic mass is 19.1. The van der Waals surface area contributed by atoms with Crippen molar-refractivity contribution in [3.05, 3.63) is 35.1 Å². The second-order valence-electron chi connectivity index (χ2n) is 3.90. The Balaban J connectivity index is 2.84. The minimum absolute atomic E-state index is 0.0407. The van der Waals surface area contributed by atoms with Gasteiger partial charge in [-0.3, -0.25) is 0 Å². The van der Waals surface area contributed by atoms with E-state index in [-0.39, 0.29) is 23.7 Å². The number of nitriles is 1. The summed E-state index contributed by atoms with van der Waals surface area (Å²) in [6.07, 6.45) is -0.935. The van der Waals surface area contributed by atoms with Crippen LogP contribution in [-0.4, -0.2) is 17.7 Å². The molecule has 0 saturated heterocycles. The van der Waals surface area contributed by atoms with Gasteiger partial charge in [0.1, 0.15) is 11.9 Å². The first-order chi connectivity index (χ1) is 7.56. The number of hydrogen-bond acceptors (Lipinski definition) is 3. The highest BCUT2D eigenvalue weighted by Gasteiger charge is 2.15. The van der Waals surface area contributed by atoms with Gasteiger partial charge in [-0.25, -0.2) is 4.39 Å². The number of benzene rings is 1. The molecule has 0 radical (unpaired) electrons. The van der Waals surface area contributed by atoms with Crippen LogP contribution in [0.5, 0.6) is 0 Å². The molecule has 1 unspecified atom stereocenters. The Kier molecular flexibility index (Phi) is 4.41. The third-order valence-corrected chi connectivity index (χ3v) is 2.23. The van der Waals surface area contributed by atoms with Crippen LogP contribution < -0.4 is 5.32 Å². The summed E-state index contributed by atoms with van der Waals surface area (Å²) < 4.78 is 13.6. The van der Waals surface area contributed by atoms with Crippen LogP contribution in [0, 0.1) is 17.1 Å². The van der Waals surface area contributed by atoms with Gasteiger partial charge in [0, 0.05) is 18.2 Å². The van der Waals surface area contributed by atoms with E-state index in [1.165, 1.54) is 12.1 Å². The lowest BCUT2D eigenvalue weighted by Gasteiger charge is -2.15. The van der Waals surface area contributed by atoms with E-state index in [0.717, 1.165) is 0 Å². The summed E-state index contributed by atoms with van der Waals surface area (Å²) in [7, 11) is 0. The second kappa shape index (κ2) is 5.59. The Labute approximate surface area is 94.5 Å². The van der Waals surface area contributed by atoms with Gasteiger partial charge in [-0.1, -0.05) is 26.0 Å². The first kappa shape index (κ1) is 12.6. The smallest absolute Gasteiger partial charge is 0.146 e. The molecule has 3 nitrogen and oxygen atoms in total. The minimum atomic E-state index is -0.935. The fraction of sp³-hybridized carbons (Fsp3) is 0.417. The molecule has 0 heterocycles. The van der Waals surface area contributed by atoms with E-state index in [9.17, 15) is 9.50 Å². The molecule has 0 bridgehead atoms. The molecule has 0 aliphatic carbocycles. The number of halogens is 1. The summed E-state index contributed by atoms with van der Waals surface area (Å²) in [5, 5.41) is 21.4. The minimum Gasteiger partial charge on any atom is -0.387 e. The number of aliphatic hydroxyl groups is 1. The van der Waals surface area contributed by atoms with Crippen molar-refractivity contribution in [1.82, 2.24) is 5.32 Å². The van der Waals surface area contributed by atoms with Crippen molar-refractivity contribution in [2.45, 2.75) is 26.0 Å². The maximum Gasteiger partial charge on any atom is 0.146 e. The van der Waals surface area contributed by atoms with Gasteiger partial charge >= 0.3 is 0 Å². The van der Waals surface area contributed by atoms with Crippen LogP contribution in [-0.2, 0) is 0 Å². The number of nitrogens with zero attached hydrogens (tertiary/aromatic N) is 1. The molecule has 1 rings (SSSR count). The van der Waals surface area contributed by atoms with E-state index in [0.29, 0.717) is 0 Å². The molecule has 0 aliphatic heterocycles. The van der Waals surface area contributed by atoms with Crippen molar-refractivity contribution >= 4 is 0 Å². The number of aliphatic hydroxyl groups excluding tert-OH is 1. The molecule has 1 atom stereocenters. The predicted molar refractivity (Wildman–Crippen MR) is 59.2 cm³/mol. The molecule has 16 heavy (non-hydrogen) atoms. The topological polar surface area (TPSA) is 56.0 Å². The molecule has 0 aromatic heterocycles. The van der Waals surface area contributed by atoms with Gasteiger partial charge in [-0.2, -0.15) is 5.26 Å². The first-order valence-corrected chi connectivity index (χ1v) is 5.16. The molecule has 4 heteroatoms. The lowest BCUT2D eigenvalue weighted by molar-refractivity contribution is 0.167. The van der Waals surface area contributed by atoms with Crippen molar-refractivity contribution in [2.75, 3.05) is 6.54 Å². The summed E-state index contributed by atoms with van der Waals surface area (Å²) in [6.45, 7) is 4.15. The Morgan fingerprint density at radius 2 is 2.19 bits per heavy atom. The van der Waals surface area contributed by atoms with Crippen LogP contribution in [0.1, 0.15) is 31.1 Å². The summed E-state index contributed by atoms with van der Waals surface area (Å²) >= 11 is 0. The van der Waals surface area contributed by atoms with Crippen molar-refractivity contribution in [1.29, 1.82) is 5.26 Å². The molecular formula is C12H15FN2O. The van der Waals surface area contributed by atoms with Gasteiger partial charge in [-0.15, -0.1) is 0 Å². The zero-order valence-corrected chi connectivity index (χ0v) is 9.37. The fourth-order valence-electron chi connectivity index (χ4n) is 1.35. The average molecular weight is 222 g/mol. The van der Waals surface area contributed by atoms with Crippen LogP contribution in [0.4, 0.5) is 4.39 Å². The molecule has 0 saturated carbocycles. The van der Waals surface area contributed by atoms with E-state index in [1.807, 2.05) is 13.8 Å². The number of rotatable bonds is 4. The molecule has 86 valence electrons. The van der Waals surface area contributed by atoms with Crippen LogP contribution >= 0.6 is 0 Å². The molecule has 1 aromatic carbocycles. The zero-order chi connectivity index (χ0) is 12.1. The second-order valence-corrected chi connectivity index (χ2v) is 3.90. The third-order valence-electron chi connectivity index (χ3n) is 2.23. The quantitative estimate of drug-likeness (QED) is 0.815. The van der Waals surface area contributed by atoms with Gasteiger partial charge < -0.3 is 10.4 Å². The largest absolute Gasteiger partial charge is 0.387 e. The zero-order valence-electron chi connectivity index (χ0n) is 9.37. The van der Waals surface area contributed by atoms with Crippen molar-refractivity contribution in [2.24, 2.45) is 0 Å². The van der Waals surface area contributed by atoms with E-state index in [1.54, 1.807) is 12.1 Å². The lowest BCUT2D eigenvalue weighted by Crippen LogP contribution is -2.28. The molecule has 0 fully saturated rings. The Morgan fingerprint density at radius 1 is 1.50 bits per heavy atom. The number of nitrogens with one attached hydrogen (secondary N) is 1. The lowest BCUT2D eigenvalue weighted by atomic mass is 10.1. The highest BCUT2D eigenvalue weighted by Crippen LogP contribution is 2.19. The van der Waals surface area contributed by atoms with Crippen LogP contribution in [0.3, 0.4) is 0 Å². The van der Waals surface area contributed by atoms with Gasteiger partial charge in [0.2, 0.25) is 0 Å². The summed E-state index contributed by atoms with van der Waals surface area (Å²) in [5.41, 5.74) is 0.119. The van der Waals surface area contributed by atoms with Gasteiger partial charge in [0.05, 0.1) is 11.7 Å². The Bertz CT molecular complexity index is 398. The van der Waals surface area contributed by atoms with Crippen molar-refractivity contribution in [3.63, 3.8) is 0 Å². The van der Waals surface area contributed by atoms with Gasteiger partial charge in [-0.05, 0) is 6.07 Å². The molecule has 0 aliphatic rings. The maximum absolute atomic E-state index is 13.6. The number of hydrogen-bond donors (Lipinski definition) is 2. The maximum atomic E-state index is 13.6. The SMILES string of the molecule is CC(C)NCC(O)c1cccc(C#N)c1F. The molecule has 0 spiro atoms. The average Bonchev–Trinajstić information content (AvgIpc) is 2.26. The molecule has 2 N–H and O–H groups in total. The van der Waals surface area contributed by atoms with E-state index >= 15 is 0 Å². The molecular weight excluding hydrogens is 207 g/mol. The highest BCUT2D eigenvalue weighted by molar-refractivity contribution is 5.36.